The van der Waals surface area contributed by atoms with Gasteiger partial charge in [-0.25, -0.2) is 0 Å². The molecular weight excluding hydrogens is 355 g/mol. The quantitative estimate of drug-likeness (QED) is 0.413. The summed E-state index contributed by atoms with van der Waals surface area (Å²) >= 11 is 2.37. The van der Waals surface area contributed by atoms with Crippen molar-refractivity contribution in [3.8, 4) is 0 Å². The van der Waals surface area contributed by atoms with Gasteiger partial charge in [0.05, 0.1) is 19.8 Å². The highest BCUT2D eigenvalue weighted by atomic mass is 127. The zero-order valence-corrected chi connectivity index (χ0v) is 13.3. The molecular formula is C15H21IO3. The summed E-state index contributed by atoms with van der Waals surface area (Å²) in [6.07, 6.45) is 3.36. The van der Waals surface area contributed by atoms with Gasteiger partial charge in [0.2, 0.25) is 0 Å². The largest absolute Gasteiger partial charge is 0.374 e. The highest BCUT2D eigenvalue weighted by Gasteiger charge is 2.13. The number of benzene rings is 1. The van der Waals surface area contributed by atoms with E-state index < -0.39 is 0 Å². The summed E-state index contributed by atoms with van der Waals surface area (Å²) in [7, 11) is 0. The van der Waals surface area contributed by atoms with Gasteiger partial charge in [0, 0.05) is 11.0 Å². The van der Waals surface area contributed by atoms with Crippen molar-refractivity contribution in [2.75, 3.05) is 19.8 Å². The van der Waals surface area contributed by atoms with E-state index in [1.165, 1.54) is 17.5 Å². The first-order valence-electron chi connectivity index (χ1n) is 6.83. The van der Waals surface area contributed by atoms with E-state index in [4.69, 9.17) is 14.2 Å². The maximum atomic E-state index is 5.61. The number of ether oxygens (including phenoxy) is 3. The number of halogens is 1. The normalized spacial score (nSPS) is 19.5. The van der Waals surface area contributed by atoms with Gasteiger partial charge in [-0.2, -0.15) is 0 Å². The van der Waals surface area contributed by atoms with E-state index in [9.17, 15) is 0 Å². The van der Waals surface area contributed by atoms with Crippen molar-refractivity contribution >= 4 is 22.6 Å². The standard InChI is InChI=1S/C15H21IO3/c16-11-13-4-6-14(7-5-13)12-17-9-10-19-15-3-1-2-8-18-15/h4-7,15H,1-3,8-12H2. The van der Waals surface area contributed by atoms with Crippen molar-refractivity contribution in [2.45, 2.75) is 36.6 Å². The van der Waals surface area contributed by atoms with Crippen LogP contribution in [0, 0.1) is 0 Å². The molecule has 0 radical (unpaired) electrons. The van der Waals surface area contributed by atoms with Crippen LogP contribution in [0.1, 0.15) is 30.4 Å². The Morgan fingerprint density at radius 3 is 2.58 bits per heavy atom. The Morgan fingerprint density at radius 2 is 1.89 bits per heavy atom. The molecule has 0 spiro atoms. The highest BCUT2D eigenvalue weighted by molar-refractivity contribution is 14.1. The molecule has 0 aliphatic carbocycles. The Kier molecular flexibility index (Phi) is 7.13. The lowest BCUT2D eigenvalue weighted by molar-refractivity contribution is -0.169. The number of rotatable bonds is 7. The molecule has 2 rings (SSSR count). The van der Waals surface area contributed by atoms with Crippen LogP contribution in [0.3, 0.4) is 0 Å². The molecule has 0 aromatic heterocycles. The van der Waals surface area contributed by atoms with Crippen molar-refractivity contribution in [1.29, 1.82) is 0 Å². The molecule has 1 atom stereocenters. The fourth-order valence-corrected chi connectivity index (χ4v) is 2.50. The van der Waals surface area contributed by atoms with Crippen LogP contribution in [0.2, 0.25) is 0 Å². The van der Waals surface area contributed by atoms with Crippen LogP contribution in [0.5, 0.6) is 0 Å². The lowest BCUT2D eigenvalue weighted by Crippen LogP contribution is -2.23. The van der Waals surface area contributed by atoms with E-state index in [2.05, 4.69) is 46.9 Å². The predicted octanol–water partition coefficient (Wildman–Crippen LogP) is 3.68. The van der Waals surface area contributed by atoms with Crippen LogP contribution in [0.15, 0.2) is 24.3 Å². The Labute approximate surface area is 128 Å². The molecule has 1 unspecified atom stereocenters. The Morgan fingerprint density at radius 1 is 1.11 bits per heavy atom. The fourth-order valence-electron chi connectivity index (χ4n) is 2.00. The summed E-state index contributed by atoms with van der Waals surface area (Å²) in [4.78, 5) is 0. The van der Waals surface area contributed by atoms with Gasteiger partial charge in [-0.15, -0.1) is 0 Å². The van der Waals surface area contributed by atoms with Crippen LogP contribution >= 0.6 is 22.6 Å². The summed E-state index contributed by atoms with van der Waals surface area (Å²) in [6, 6.07) is 8.55. The van der Waals surface area contributed by atoms with Crippen molar-refractivity contribution in [3.05, 3.63) is 35.4 Å². The maximum Gasteiger partial charge on any atom is 0.157 e. The summed E-state index contributed by atoms with van der Waals surface area (Å²) in [5.41, 5.74) is 2.56. The lowest BCUT2D eigenvalue weighted by atomic mass is 10.2. The molecule has 19 heavy (non-hydrogen) atoms. The van der Waals surface area contributed by atoms with E-state index in [-0.39, 0.29) is 6.29 Å². The maximum absolute atomic E-state index is 5.61. The van der Waals surface area contributed by atoms with Gasteiger partial charge < -0.3 is 14.2 Å². The van der Waals surface area contributed by atoms with Gasteiger partial charge in [0.15, 0.2) is 6.29 Å². The van der Waals surface area contributed by atoms with E-state index in [1.54, 1.807) is 0 Å². The molecule has 1 heterocycles. The van der Waals surface area contributed by atoms with E-state index in [1.807, 2.05) is 0 Å². The summed E-state index contributed by atoms with van der Waals surface area (Å²) in [6.45, 7) is 2.70. The van der Waals surface area contributed by atoms with Crippen LogP contribution < -0.4 is 0 Å². The molecule has 1 aromatic carbocycles. The monoisotopic (exact) mass is 376 g/mol. The van der Waals surface area contributed by atoms with Gasteiger partial charge in [0.25, 0.3) is 0 Å². The second-order valence-corrected chi connectivity index (χ2v) is 5.43. The zero-order valence-electron chi connectivity index (χ0n) is 11.1. The predicted molar refractivity (Wildman–Crippen MR) is 83.4 cm³/mol. The van der Waals surface area contributed by atoms with Crippen LogP contribution in [0.25, 0.3) is 0 Å². The first-order valence-corrected chi connectivity index (χ1v) is 8.36. The lowest BCUT2D eigenvalue weighted by Gasteiger charge is -2.22. The summed E-state index contributed by atoms with van der Waals surface area (Å²) < 4.78 is 17.8. The molecule has 0 saturated carbocycles. The average Bonchev–Trinajstić information content (AvgIpc) is 2.49. The molecule has 0 bridgehead atoms. The molecule has 0 amide bonds. The van der Waals surface area contributed by atoms with Gasteiger partial charge in [0.1, 0.15) is 0 Å². The smallest absolute Gasteiger partial charge is 0.157 e. The molecule has 3 nitrogen and oxygen atoms in total. The van der Waals surface area contributed by atoms with Gasteiger partial charge >= 0.3 is 0 Å². The number of hydrogen-bond donors (Lipinski definition) is 0. The van der Waals surface area contributed by atoms with Crippen LogP contribution in [-0.4, -0.2) is 26.1 Å². The molecule has 1 aliphatic heterocycles. The third-order valence-electron chi connectivity index (χ3n) is 3.12. The van der Waals surface area contributed by atoms with Crippen molar-refractivity contribution in [1.82, 2.24) is 0 Å². The highest BCUT2D eigenvalue weighted by Crippen LogP contribution is 2.13. The van der Waals surface area contributed by atoms with Gasteiger partial charge in [-0.05, 0) is 30.4 Å². The number of hydrogen-bond acceptors (Lipinski definition) is 3. The molecule has 4 heteroatoms. The SMILES string of the molecule is ICc1ccc(COCCOC2CCCCO2)cc1. The minimum absolute atomic E-state index is 0.0136. The third kappa shape index (κ3) is 5.77. The minimum atomic E-state index is -0.0136. The number of alkyl halides is 1. The molecule has 1 aliphatic rings. The Bertz CT molecular complexity index is 347. The Hall–Kier alpha value is -0.170. The second kappa shape index (κ2) is 8.89. The van der Waals surface area contributed by atoms with E-state index >= 15 is 0 Å². The third-order valence-corrected chi connectivity index (χ3v) is 4.00. The first kappa shape index (κ1) is 15.2. The average molecular weight is 376 g/mol. The fraction of sp³-hybridized carbons (Fsp3) is 0.600. The summed E-state index contributed by atoms with van der Waals surface area (Å²) in [5.74, 6) is 0. The van der Waals surface area contributed by atoms with Crippen LogP contribution in [0.4, 0.5) is 0 Å². The van der Waals surface area contributed by atoms with Crippen molar-refractivity contribution < 1.29 is 14.2 Å². The molecule has 1 fully saturated rings. The zero-order chi connectivity index (χ0) is 13.3. The van der Waals surface area contributed by atoms with Crippen molar-refractivity contribution in [2.24, 2.45) is 0 Å². The Balaban J connectivity index is 1.55. The first-order chi connectivity index (χ1) is 9.38. The molecule has 1 saturated heterocycles. The second-order valence-electron chi connectivity index (χ2n) is 4.67. The van der Waals surface area contributed by atoms with Crippen LogP contribution in [-0.2, 0) is 25.2 Å². The van der Waals surface area contributed by atoms with Gasteiger partial charge in [-0.1, -0.05) is 46.9 Å². The topological polar surface area (TPSA) is 27.7 Å². The minimum Gasteiger partial charge on any atom is -0.374 e. The molecule has 106 valence electrons. The van der Waals surface area contributed by atoms with Gasteiger partial charge in [-0.3, -0.25) is 0 Å². The summed E-state index contributed by atoms with van der Waals surface area (Å²) in [5, 5.41) is 0. The van der Waals surface area contributed by atoms with Crippen molar-refractivity contribution in [3.63, 3.8) is 0 Å². The van der Waals surface area contributed by atoms with E-state index in [0.717, 1.165) is 23.9 Å². The molecule has 0 N–H and O–H groups in total. The molecule has 1 aromatic rings. The van der Waals surface area contributed by atoms with E-state index in [0.29, 0.717) is 19.8 Å².